The standard InChI is InChI=1S/C31H31F3N4O5S/c32-31(33,34)43-25-8-4-3-7-24(25)29-36-26(20-9-11-21(12-10-20)38-15-17-44(40,41)18-16-38)27(42-29)22-5-1-2-6-23(22)28(39)37-30(19-35)13-14-30/h3-4,7-12,22-23H,1-2,5-6,13-18H2,(H,37,39). The largest absolute Gasteiger partial charge is 0.573 e. The number of sulfone groups is 1. The lowest BCUT2D eigenvalue weighted by Gasteiger charge is -2.30. The van der Waals surface area contributed by atoms with Gasteiger partial charge in [-0.3, -0.25) is 4.79 Å². The van der Waals surface area contributed by atoms with Crippen molar-refractivity contribution >= 4 is 21.4 Å². The minimum absolute atomic E-state index is 0.0155. The number of rotatable bonds is 7. The first-order valence-electron chi connectivity index (χ1n) is 14.6. The Bertz CT molecular complexity index is 1680. The molecule has 2 aliphatic carbocycles. The predicted octanol–water partition coefficient (Wildman–Crippen LogP) is 5.59. The number of ether oxygens (including phenoxy) is 1. The second-order valence-corrected chi connectivity index (χ2v) is 13.9. The van der Waals surface area contributed by atoms with E-state index in [1.165, 1.54) is 18.2 Å². The van der Waals surface area contributed by atoms with E-state index in [-0.39, 0.29) is 28.9 Å². The minimum atomic E-state index is -4.93. The Morgan fingerprint density at radius 2 is 1.75 bits per heavy atom. The fourth-order valence-electron chi connectivity index (χ4n) is 6.04. The van der Waals surface area contributed by atoms with E-state index in [0.29, 0.717) is 55.8 Å². The van der Waals surface area contributed by atoms with Crippen LogP contribution in [0.25, 0.3) is 22.7 Å². The molecule has 6 rings (SSSR count). The smallest absolute Gasteiger partial charge is 0.440 e. The number of halogens is 3. The summed E-state index contributed by atoms with van der Waals surface area (Å²) in [6.45, 7) is 0.750. The van der Waals surface area contributed by atoms with E-state index in [9.17, 15) is 31.6 Å². The predicted molar refractivity (Wildman–Crippen MR) is 155 cm³/mol. The molecule has 3 aromatic rings. The molecular weight excluding hydrogens is 597 g/mol. The molecule has 44 heavy (non-hydrogen) atoms. The molecule has 1 amide bonds. The highest BCUT2D eigenvalue weighted by atomic mass is 32.2. The fourth-order valence-corrected chi connectivity index (χ4v) is 7.24. The van der Waals surface area contributed by atoms with Crippen molar-refractivity contribution in [3.05, 3.63) is 54.3 Å². The lowest BCUT2D eigenvalue weighted by atomic mass is 9.76. The molecule has 13 heteroatoms. The zero-order chi connectivity index (χ0) is 31.1. The van der Waals surface area contributed by atoms with Crippen LogP contribution in [0.1, 0.15) is 50.2 Å². The number of para-hydroxylation sites is 1. The fraction of sp³-hybridized carbons (Fsp3) is 0.452. The number of hydrogen-bond acceptors (Lipinski definition) is 8. The van der Waals surface area contributed by atoms with Crippen LogP contribution in [0.5, 0.6) is 5.75 Å². The average Bonchev–Trinajstić information content (AvgIpc) is 3.63. The van der Waals surface area contributed by atoms with Crippen LogP contribution in [-0.4, -0.2) is 55.8 Å². The number of benzene rings is 2. The van der Waals surface area contributed by atoms with Crippen LogP contribution in [0, 0.1) is 17.2 Å². The number of hydrogen-bond donors (Lipinski definition) is 1. The van der Waals surface area contributed by atoms with Gasteiger partial charge in [0, 0.05) is 36.2 Å². The molecule has 0 radical (unpaired) electrons. The third-order valence-electron chi connectivity index (χ3n) is 8.61. The highest BCUT2D eigenvalue weighted by Gasteiger charge is 2.47. The first-order chi connectivity index (χ1) is 21.0. The molecule has 3 fully saturated rings. The van der Waals surface area contributed by atoms with Crippen LogP contribution < -0.4 is 15.0 Å². The Balaban J connectivity index is 1.39. The molecule has 1 aromatic heterocycles. The number of nitrogens with one attached hydrogen (secondary N) is 1. The van der Waals surface area contributed by atoms with Crippen LogP contribution in [0.2, 0.25) is 0 Å². The molecule has 2 unspecified atom stereocenters. The summed E-state index contributed by atoms with van der Waals surface area (Å²) < 4.78 is 74.1. The van der Waals surface area contributed by atoms with Gasteiger partial charge in [0.2, 0.25) is 11.8 Å². The summed E-state index contributed by atoms with van der Waals surface area (Å²) in [5, 5.41) is 12.5. The van der Waals surface area contributed by atoms with Gasteiger partial charge in [-0.25, -0.2) is 13.4 Å². The molecule has 2 saturated carbocycles. The van der Waals surface area contributed by atoms with E-state index in [0.717, 1.165) is 18.5 Å². The molecule has 232 valence electrons. The summed E-state index contributed by atoms with van der Waals surface area (Å²) >= 11 is 0. The second kappa shape index (κ2) is 11.5. The molecule has 2 atom stereocenters. The summed E-state index contributed by atoms with van der Waals surface area (Å²) in [5.74, 6) is -1.17. The van der Waals surface area contributed by atoms with Crippen LogP contribution in [-0.2, 0) is 14.6 Å². The van der Waals surface area contributed by atoms with Gasteiger partial charge in [-0.05, 0) is 49.9 Å². The van der Waals surface area contributed by atoms with Crippen molar-refractivity contribution in [3.8, 4) is 34.5 Å². The number of anilines is 1. The number of carbonyl (C=O) groups excluding carboxylic acids is 1. The molecule has 3 aliphatic rings. The van der Waals surface area contributed by atoms with Gasteiger partial charge < -0.3 is 19.4 Å². The minimum Gasteiger partial charge on any atom is -0.440 e. The van der Waals surface area contributed by atoms with Crippen LogP contribution in [0.3, 0.4) is 0 Å². The van der Waals surface area contributed by atoms with Gasteiger partial charge in [-0.1, -0.05) is 37.1 Å². The van der Waals surface area contributed by atoms with Crippen LogP contribution >= 0.6 is 0 Å². The van der Waals surface area contributed by atoms with Crippen molar-refractivity contribution in [1.29, 1.82) is 5.26 Å². The van der Waals surface area contributed by atoms with Gasteiger partial charge in [0.1, 0.15) is 22.7 Å². The van der Waals surface area contributed by atoms with Gasteiger partial charge in [-0.15, -0.1) is 13.2 Å². The van der Waals surface area contributed by atoms with Gasteiger partial charge in [0.05, 0.1) is 23.1 Å². The summed E-state index contributed by atoms with van der Waals surface area (Å²) in [7, 11) is -3.05. The number of aromatic nitrogens is 1. The number of carbonyl (C=O) groups is 1. The molecule has 2 heterocycles. The van der Waals surface area contributed by atoms with Crippen molar-refractivity contribution in [3.63, 3.8) is 0 Å². The maximum absolute atomic E-state index is 13.5. The van der Waals surface area contributed by atoms with E-state index < -0.39 is 39.3 Å². The quantitative estimate of drug-likeness (QED) is 0.359. The zero-order valence-electron chi connectivity index (χ0n) is 23.8. The maximum Gasteiger partial charge on any atom is 0.573 e. The van der Waals surface area contributed by atoms with Crippen LogP contribution in [0.4, 0.5) is 18.9 Å². The zero-order valence-corrected chi connectivity index (χ0v) is 24.6. The third kappa shape index (κ3) is 6.40. The highest BCUT2D eigenvalue weighted by molar-refractivity contribution is 7.91. The lowest BCUT2D eigenvalue weighted by Crippen LogP contribution is -2.42. The van der Waals surface area contributed by atoms with Gasteiger partial charge >= 0.3 is 6.36 Å². The molecule has 2 aromatic carbocycles. The van der Waals surface area contributed by atoms with E-state index >= 15 is 0 Å². The van der Waals surface area contributed by atoms with Gasteiger partial charge in [0.25, 0.3) is 0 Å². The molecule has 1 saturated heterocycles. The SMILES string of the molecule is N#CC1(NC(=O)C2CCCCC2c2oc(-c3ccccc3OC(F)(F)F)nc2-c2ccc(N3CCS(=O)(=O)CC3)cc2)CC1. The van der Waals surface area contributed by atoms with Crippen molar-refractivity contribution in [1.82, 2.24) is 10.3 Å². The molecule has 9 nitrogen and oxygen atoms in total. The summed E-state index contributed by atoms with van der Waals surface area (Å²) in [5.41, 5.74) is 1.05. The normalized spacial score (nSPS) is 22.5. The van der Waals surface area contributed by atoms with E-state index in [1.807, 2.05) is 29.2 Å². The molecule has 0 spiro atoms. The Morgan fingerprint density at radius 3 is 2.41 bits per heavy atom. The number of oxazole rings is 1. The number of amides is 1. The number of nitrogens with zero attached hydrogens (tertiary/aromatic N) is 3. The maximum atomic E-state index is 13.5. The topological polar surface area (TPSA) is 126 Å². The molecular formula is C31H31F3N4O5S. The lowest BCUT2D eigenvalue weighted by molar-refractivity contribution is -0.274. The van der Waals surface area contributed by atoms with E-state index in [1.54, 1.807) is 6.07 Å². The summed E-state index contributed by atoms with van der Waals surface area (Å²) in [6, 6.07) is 15.1. The van der Waals surface area contributed by atoms with Crippen molar-refractivity contribution in [2.75, 3.05) is 29.5 Å². The summed E-state index contributed by atoms with van der Waals surface area (Å²) in [4.78, 5) is 20.1. The van der Waals surface area contributed by atoms with E-state index in [2.05, 4.69) is 21.1 Å². The third-order valence-corrected chi connectivity index (χ3v) is 10.2. The second-order valence-electron chi connectivity index (χ2n) is 11.6. The van der Waals surface area contributed by atoms with E-state index in [4.69, 9.17) is 4.42 Å². The Labute approximate surface area is 252 Å². The highest BCUT2D eigenvalue weighted by Crippen LogP contribution is 2.46. The number of nitriles is 1. The monoisotopic (exact) mass is 628 g/mol. The summed E-state index contributed by atoms with van der Waals surface area (Å²) in [6.07, 6.45) is -0.946. The van der Waals surface area contributed by atoms with Gasteiger partial charge in [-0.2, -0.15) is 5.26 Å². The average molecular weight is 629 g/mol. The number of alkyl halides is 3. The molecule has 1 aliphatic heterocycles. The van der Waals surface area contributed by atoms with Gasteiger partial charge in [0.15, 0.2) is 9.84 Å². The van der Waals surface area contributed by atoms with Crippen LogP contribution in [0.15, 0.2) is 52.9 Å². The molecule has 0 bridgehead atoms. The first kappa shape index (κ1) is 30.0. The van der Waals surface area contributed by atoms with Crippen molar-refractivity contribution < 1.29 is 35.5 Å². The Kier molecular flexibility index (Phi) is 7.82. The molecule has 1 N–H and O–H groups in total. The van der Waals surface area contributed by atoms with Crippen molar-refractivity contribution in [2.45, 2.75) is 56.3 Å². The van der Waals surface area contributed by atoms with Crippen molar-refractivity contribution in [2.24, 2.45) is 5.92 Å². The first-order valence-corrected chi connectivity index (χ1v) is 16.4. The Hall–Kier alpha value is -4.05. The Morgan fingerprint density at radius 1 is 1.07 bits per heavy atom.